The quantitative estimate of drug-likeness (QED) is 0.769. The lowest BCUT2D eigenvalue weighted by Crippen LogP contribution is -2.46. The Kier molecular flexibility index (Phi) is 6.49. The number of nitrogens with zero attached hydrogens (tertiary/aromatic N) is 1. The molecule has 0 radical (unpaired) electrons. The van der Waals surface area contributed by atoms with Gasteiger partial charge in [0.1, 0.15) is 0 Å². The summed E-state index contributed by atoms with van der Waals surface area (Å²) in [7, 11) is 4.16. The molecular formula is C22H30N2OS. The number of hydrogen-bond donors (Lipinski definition) is 1. The summed E-state index contributed by atoms with van der Waals surface area (Å²) in [5.41, 5.74) is 1.03. The van der Waals surface area contributed by atoms with E-state index in [-0.39, 0.29) is 17.4 Å². The van der Waals surface area contributed by atoms with Crippen LogP contribution in [0.5, 0.6) is 0 Å². The van der Waals surface area contributed by atoms with Gasteiger partial charge < -0.3 is 10.2 Å². The maximum Gasteiger partial charge on any atom is 0.226 e. The molecule has 0 unspecified atom stereocenters. The topological polar surface area (TPSA) is 32.3 Å². The molecule has 1 aromatic heterocycles. The molecule has 140 valence electrons. The third kappa shape index (κ3) is 4.54. The van der Waals surface area contributed by atoms with E-state index in [1.54, 1.807) is 11.3 Å². The molecule has 2 aromatic rings. The average Bonchev–Trinajstić information content (AvgIpc) is 3.17. The minimum atomic E-state index is -0.244. The van der Waals surface area contributed by atoms with Crippen LogP contribution in [0.3, 0.4) is 0 Å². The molecular weight excluding hydrogens is 340 g/mol. The molecule has 0 aliphatic heterocycles. The van der Waals surface area contributed by atoms with Crippen molar-refractivity contribution in [2.75, 3.05) is 20.6 Å². The molecule has 1 N–H and O–H groups in total. The zero-order chi connectivity index (χ0) is 18.4. The lowest BCUT2D eigenvalue weighted by molar-refractivity contribution is -0.133. The van der Waals surface area contributed by atoms with Crippen molar-refractivity contribution < 1.29 is 4.79 Å². The molecule has 0 spiro atoms. The number of carbonyl (C=O) groups excluding carboxylic acids is 1. The SMILES string of the molecule is CN(C)[C@@H](CNC(=O)C1(Cc2ccccc2)CCCCC1)c1cccs1. The first-order valence-corrected chi connectivity index (χ1v) is 10.5. The molecule has 3 rings (SSSR count). The zero-order valence-corrected chi connectivity index (χ0v) is 16.7. The smallest absolute Gasteiger partial charge is 0.226 e. The fourth-order valence-corrected chi connectivity index (χ4v) is 5.02. The molecule has 1 aliphatic carbocycles. The first-order valence-electron chi connectivity index (χ1n) is 9.63. The Labute approximate surface area is 161 Å². The van der Waals surface area contributed by atoms with Gasteiger partial charge in [-0.2, -0.15) is 0 Å². The average molecular weight is 371 g/mol. The van der Waals surface area contributed by atoms with Crippen molar-refractivity contribution >= 4 is 17.2 Å². The molecule has 26 heavy (non-hydrogen) atoms. The van der Waals surface area contributed by atoms with Crippen LogP contribution in [-0.2, 0) is 11.2 Å². The molecule has 4 heteroatoms. The van der Waals surface area contributed by atoms with E-state index in [9.17, 15) is 4.79 Å². The van der Waals surface area contributed by atoms with Crippen LogP contribution < -0.4 is 5.32 Å². The number of rotatable bonds is 7. The van der Waals surface area contributed by atoms with E-state index in [2.05, 4.69) is 66.1 Å². The van der Waals surface area contributed by atoms with Gasteiger partial charge in [-0.1, -0.05) is 55.7 Å². The summed E-state index contributed by atoms with van der Waals surface area (Å²) in [6.45, 7) is 0.670. The van der Waals surface area contributed by atoms with E-state index in [0.29, 0.717) is 6.54 Å². The van der Waals surface area contributed by atoms with Gasteiger partial charge >= 0.3 is 0 Å². The minimum absolute atomic E-state index is 0.233. The fraction of sp³-hybridized carbons (Fsp3) is 0.500. The Bertz CT molecular complexity index is 675. The Hall–Kier alpha value is -1.65. The van der Waals surface area contributed by atoms with Crippen molar-refractivity contribution in [3.05, 3.63) is 58.3 Å². The summed E-state index contributed by atoms with van der Waals surface area (Å²) >= 11 is 1.76. The molecule has 3 nitrogen and oxygen atoms in total. The fourth-order valence-electron chi connectivity index (χ4n) is 4.09. The normalized spacial score (nSPS) is 17.8. The molecule has 1 atom stereocenters. The zero-order valence-electron chi connectivity index (χ0n) is 15.9. The van der Waals surface area contributed by atoms with Crippen molar-refractivity contribution in [3.63, 3.8) is 0 Å². The predicted octanol–water partition coefficient (Wildman–Crippen LogP) is 4.66. The highest BCUT2D eigenvalue weighted by atomic mass is 32.1. The van der Waals surface area contributed by atoms with Gasteiger partial charge in [-0.25, -0.2) is 0 Å². The van der Waals surface area contributed by atoms with Crippen LogP contribution in [-0.4, -0.2) is 31.4 Å². The number of carbonyl (C=O) groups is 1. The van der Waals surface area contributed by atoms with E-state index in [4.69, 9.17) is 0 Å². The lowest BCUT2D eigenvalue weighted by Gasteiger charge is -2.37. The Morgan fingerprint density at radius 3 is 2.46 bits per heavy atom. The van der Waals surface area contributed by atoms with Crippen LogP contribution in [0, 0.1) is 5.41 Å². The third-order valence-electron chi connectivity index (χ3n) is 5.63. The summed E-state index contributed by atoms with van der Waals surface area (Å²) in [4.78, 5) is 16.8. The Morgan fingerprint density at radius 1 is 1.12 bits per heavy atom. The van der Waals surface area contributed by atoms with Crippen LogP contribution in [0.2, 0.25) is 0 Å². The van der Waals surface area contributed by atoms with E-state index in [1.165, 1.54) is 16.9 Å². The second kappa shape index (κ2) is 8.83. The molecule has 0 saturated heterocycles. The number of nitrogens with one attached hydrogen (secondary N) is 1. The second-order valence-electron chi connectivity index (χ2n) is 7.71. The highest BCUT2D eigenvalue weighted by molar-refractivity contribution is 7.10. The summed E-state index contributed by atoms with van der Waals surface area (Å²) in [6, 6.07) is 15.0. The molecule has 1 saturated carbocycles. The molecule has 1 heterocycles. The van der Waals surface area contributed by atoms with Crippen LogP contribution in [0.15, 0.2) is 47.8 Å². The number of hydrogen-bond acceptors (Lipinski definition) is 3. The van der Waals surface area contributed by atoms with Crippen molar-refractivity contribution in [1.82, 2.24) is 10.2 Å². The van der Waals surface area contributed by atoms with Crippen LogP contribution in [0.4, 0.5) is 0 Å². The molecule has 1 fully saturated rings. The summed E-state index contributed by atoms with van der Waals surface area (Å²) in [5.74, 6) is 0.240. The predicted molar refractivity (Wildman–Crippen MR) is 109 cm³/mol. The summed E-state index contributed by atoms with van der Waals surface area (Å²) < 4.78 is 0. The third-order valence-corrected chi connectivity index (χ3v) is 6.60. The number of thiophene rings is 1. The van der Waals surface area contributed by atoms with Crippen molar-refractivity contribution in [2.45, 2.75) is 44.6 Å². The maximum atomic E-state index is 13.3. The summed E-state index contributed by atoms with van der Waals surface area (Å²) in [6.07, 6.45) is 6.41. The monoisotopic (exact) mass is 370 g/mol. The van der Waals surface area contributed by atoms with Gasteiger partial charge in [0.05, 0.1) is 11.5 Å². The van der Waals surface area contributed by atoms with Gasteiger partial charge in [-0.05, 0) is 50.4 Å². The number of likely N-dealkylation sites (N-methyl/N-ethyl adjacent to an activating group) is 1. The van der Waals surface area contributed by atoms with Crippen molar-refractivity contribution in [2.24, 2.45) is 5.41 Å². The Balaban J connectivity index is 1.71. The lowest BCUT2D eigenvalue weighted by atomic mass is 9.69. The van der Waals surface area contributed by atoms with Crippen LogP contribution in [0.25, 0.3) is 0 Å². The molecule has 1 aromatic carbocycles. The second-order valence-corrected chi connectivity index (χ2v) is 8.69. The van der Waals surface area contributed by atoms with E-state index < -0.39 is 0 Å². The molecule has 1 amide bonds. The first-order chi connectivity index (χ1) is 12.6. The van der Waals surface area contributed by atoms with Gasteiger partial charge in [-0.15, -0.1) is 11.3 Å². The van der Waals surface area contributed by atoms with Crippen LogP contribution >= 0.6 is 11.3 Å². The van der Waals surface area contributed by atoms with Gasteiger partial charge in [0, 0.05) is 11.4 Å². The first kappa shape index (κ1) is 19.1. The Morgan fingerprint density at radius 2 is 1.85 bits per heavy atom. The minimum Gasteiger partial charge on any atom is -0.354 e. The number of amides is 1. The highest BCUT2D eigenvalue weighted by Crippen LogP contribution is 2.39. The van der Waals surface area contributed by atoms with E-state index >= 15 is 0 Å². The van der Waals surface area contributed by atoms with Crippen LogP contribution in [0.1, 0.15) is 48.6 Å². The standard InChI is InChI=1S/C22H30N2OS/c1-24(2)19(20-12-9-15-26-20)17-23-21(25)22(13-7-4-8-14-22)16-18-10-5-3-6-11-18/h3,5-6,9-12,15,19H,4,7-8,13-14,16-17H2,1-2H3,(H,23,25)/t19-/m0/s1. The van der Waals surface area contributed by atoms with Crippen molar-refractivity contribution in [1.29, 1.82) is 0 Å². The summed E-state index contributed by atoms with van der Waals surface area (Å²) in [5, 5.41) is 5.41. The largest absolute Gasteiger partial charge is 0.354 e. The maximum absolute atomic E-state index is 13.3. The van der Waals surface area contributed by atoms with Gasteiger partial charge in [0.2, 0.25) is 5.91 Å². The van der Waals surface area contributed by atoms with E-state index in [0.717, 1.165) is 32.1 Å². The highest BCUT2D eigenvalue weighted by Gasteiger charge is 2.39. The molecule has 1 aliphatic rings. The molecule has 0 bridgehead atoms. The van der Waals surface area contributed by atoms with Gasteiger partial charge in [0.15, 0.2) is 0 Å². The number of benzene rings is 1. The van der Waals surface area contributed by atoms with Gasteiger partial charge in [-0.3, -0.25) is 4.79 Å². The van der Waals surface area contributed by atoms with Gasteiger partial charge in [0.25, 0.3) is 0 Å². The van der Waals surface area contributed by atoms with E-state index in [1.807, 2.05) is 6.07 Å². The van der Waals surface area contributed by atoms with Crippen molar-refractivity contribution in [3.8, 4) is 0 Å².